The summed E-state index contributed by atoms with van der Waals surface area (Å²) in [5.41, 5.74) is -3.29. The summed E-state index contributed by atoms with van der Waals surface area (Å²) in [6.07, 6.45) is -11.9. The van der Waals surface area contributed by atoms with Crippen LogP contribution in [0.1, 0.15) is 47.6 Å². The number of rotatable bonds is 5. The first-order valence-corrected chi connectivity index (χ1v) is 9.78. The van der Waals surface area contributed by atoms with E-state index in [2.05, 4.69) is 0 Å². The summed E-state index contributed by atoms with van der Waals surface area (Å²) in [6, 6.07) is 3.96. The third kappa shape index (κ3) is 5.70. The zero-order valence-corrected chi connectivity index (χ0v) is 17.0. The van der Waals surface area contributed by atoms with Crippen LogP contribution < -0.4 is 0 Å². The molecule has 0 aliphatic carbocycles. The van der Waals surface area contributed by atoms with Gasteiger partial charge in [-0.3, -0.25) is 0 Å². The van der Waals surface area contributed by atoms with Crippen molar-refractivity contribution in [3.8, 4) is 0 Å². The summed E-state index contributed by atoms with van der Waals surface area (Å²) in [6.45, 7) is 1.24. The Morgan fingerprint density at radius 1 is 0.970 bits per heavy atom. The quantitative estimate of drug-likeness (QED) is 0.364. The monoisotopic (exact) mass is 482 g/mol. The Bertz CT molecular complexity index is 970. The largest absolute Gasteiger partial charge is 0.416 e. The fraction of sp³-hybridized carbons (Fsp3) is 0.409. The average Bonchev–Trinajstić information content (AvgIpc) is 2.74. The average molecular weight is 482 g/mol. The number of aldehydes is 1. The molecule has 0 amide bonds. The fourth-order valence-corrected chi connectivity index (χ4v) is 3.70. The standard InChI is InChI=1S/C22H18F8O3/c1-11(14-6-15(21(25,26)27)9-16(7-14)22(28,29)30)33-20-19(13(10-31)4-5-32-20)12-2-3-17(23)18(24)8-12/h2-3,6-11,13,19-20H,4-5H2,1H3. The van der Waals surface area contributed by atoms with E-state index in [1.807, 2.05) is 0 Å². The van der Waals surface area contributed by atoms with Gasteiger partial charge in [-0.2, -0.15) is 26.3 Å². The molecule has 1 aliphatic rings. The van der Waals surface area contributed by atoms with E-state index in [9.17, 15) is 39.9 Å². The van der Waals surface area contributed by atoms with Crippen molar-refractivity contribution >= 4 is 6.29 Å². The molecule has 3 rings (SSSR count). The van der Waals surface area contributed by atoms with Crippen LogP contribution in [0.15, 0.2) is 36.4 Å². The zero-order chi connectivity index (χ0) is 24.6. The van der Waals surface area contributed by atoms with E-state index in [1.165, 1.54) is 13.0 Å². The molecule has 0 spiro atoms. The Kier molecular flexibility index (Phi) is 7.13. The number of carbonyl (C=O) groups excluding carboxylic acids is 1. The smallest absolute Gasteiger partial charge is 0.352 e. The van der Waals surface area contributed by atoms with Crippen LogP contribution in [0.25, 0.3) is 0 Å². The van der Waals surface area contributed by atoms with Crippen molar-refractivity contribution in [2.24, 2.45) is 5.92 Å². The predicted molar refractivity (Wildman–Crippen MR) is 99.0 cm³/mol. The molecule has 0 saturated carbocycles. The van der Waals surface area contributed by atoms with Gasteiger partial charge in [0.05, 0.1) is 23.8 Å². The maximum atomic E-state index is 13.8. The minimum atomic E-state index is -5.03. The Morgan fingerprint density at radius 3 is 2.09 bits per heavy atom. The molecule has 2 aromatic rings. The second-order valence-electron chi connectivity index (χ2n) is 7.64. The van der Waals surface area contributed by atoms with Crippen LogP contribution in [0, 0.1) is 17.6 Å². The van der Waals surface area contributed by atoms with Gasteiger partial charge in [-0.15, -0.1) is 0 Å². The molecular formula is C22H18F8O3. The van der Waals surface area contributed by atoms with Crippen molar-refractivity contribution < 1.29 is 49.4 Å². The van der Waals surface area contributed by atoms with Crippen molar-refractivity contribution in [1.29, 1.82) is 0 Å². The molecule has 1 aliphatic heterocycles. The minimum absolute atomic E-state index is 0.000153. The van der Waals surface area contributed by atoms with Gasteiger partial charge in [0, 0.05) is 11.8 Å². The molecule has 0 bridgehead atoms. The number of ether oxygens (including phenoxy) is 2. The number of hydrogen-bond donors (Lipinski definition) is 0. The highest BCUT2D eigenvalue weighted by atomic mass is 19.4. The number of alkyl halides is 6. The molecule has 4 unspecified atom stereocenters. The third-order valence-electron chi connectivity index (χ3n) is 5.41. The lowest BCUT2D eigenvalue weighted by Crippen LogP contribution is -2.38. The summed E-state index contributed by atoms with van der Waals surface area (Å²) in [5, 5.41) is 0. The summed E-state index contributed by atoms with van der Waals surface area (Å²) in [7, 11) is 0. The van der Waals surface area contributed by atoms with Gasteiger partial charge in [0.1, 0.15) is 6.29 Å². The molecule has 0 N–H and O–H groups in total. The normalized spacial score (nSPS) is 22.8. The Balaban J connectivity index is 1.96. The van der Waals surface area contributed by atoms with Crippen LogP contribution in [0.5, 0.6) is 0 Å². The first kappa shape index (κ1) is 25.1. The van der Waals surface area contributed by atoms with Crippen LogP contribution in [0.4, 0.5) is 35.1 Å². The Hall–Kier alpha value is -2.53. The first-order valence-electron chi connectivity index (χ1n) is 9.78. The maximum Gasteiger partial charge on any atom is 0.416 e. The lowest BCUT2D eigenvalue weighted by Gasteiger charge is -2.37. The summed E-state index contributed by atoms with van der Waals surface area (Å²) in [4.78, 5) is 11.6. The van der Waals surface area contributed by atoms with Gasteiger partial charge in [-0.25, -0.2) is 8.78 Å². The van der Waals surface area contributed by atoms with E-state index >= 15 is 0 Å². The molecule has 2 aromatic carbocycles. The molecule has 4 atom stereocenters. The fourth-order valence-electron chi connectivity index (χ4n) is 3.70. The van der Waals surface area contributed by atoms with Gasteiger partial charge in [-0.05, 0) is 54.8 Å². The number of benzene rings is 2. The molecule has 11 heteroatoms. The molecule has 0 radical (unpaired) electrons. The van der Waals surface area contributed by atoms with Crippen LogP contribution in [0.3, 0.4) is 0 Å². The van der Waals surface area contributed by atoms with Crippen molar-refractivity contribution in [3.05, 3.63) is 70.3 Å². The molecule has 0 aromatic heterocycles. The zero-order valence-electron chi connectivity index (χ0n) is 17.0. The minimum Gasteiger partial charge on any atom is -0.352 e. The van der Waals surface area contributed by atoms with Crippen LogP contribution in [-0.4, -0.2) is 19.2 Å². The van der Waals surface area contributed by atoms with Crippen LogP contribution in [0.2, 0.25) is 0 Å². The number of hydrogen-bond acceptors (Lipinski definition) is 3. The lowest BCUT2D eigenvalue weighted by atomic mass is 9.82. The Morgan fingerprint density at radius 2 is 1.58 bits per heavy atom. The van der Waals surface area contributed by atoms with E-state index in [1.54, 1.807) is 0 Å². The molecular weight excluding hydrogens is 464 g/mol. The SMILES string of the molecule is CC(OC1OCCC(C=O)C1c1ccc(F)c(F)c1)c1cc(C(F)(F)F)cc(C(F)(F)F)c1. The van der Waals surface area contributed by atoms with E-state index in [0.29, 0.717) is 18.4 Å². The second kappa shape index (κ2) is 9.38. The maximum absolute atomic E-state index is 13.8. The van der Waals surface area contributed by atoms with Gasteiger partial charge in [0.2, 0.25) is 0 Å². The van der Waals surface area contributed by atoms with E-state index < -0.39 is 64.9 Å². The molecule has 180 valence electrons. The molecule has 1 saturated heterocycles. The van der Waals surface area contributed by atoms with Crippen molar-refractivity contribution in [2.75, 3.05) is 6.61 Å². The number of halogens is 8. The lowest BCUT2D eigenvalue weighted by molar-refractivity contribution is -0.207. The molecule has 3 nitrogen and oxygen atoms in total. The highest BCUT2D eigenvalue weighted by Gasteiger charge is 2.40. The molecule has 1 fully saturated rings. The van der Waals surface area contributed by atoms with Gasteiger partial charge in [0.25, 0.3) is 0 Å². The van der Waals surface area contributed by atoms with E-state index in [0.717, 1.165) is 12.1 Å². The van der Waals surface area contributed by atoms with Crippen LogP contribution >= 0.6 is 0 Å². The highest BCUT2D eigenvalue weighted by molar-refractivity contribution is 5.56. The molecule has 1 heterocycles. The van der Waals surface area contributed by atoms with Crippen molar-refractivity contribution in [1.82, 2.24) is 0 Å². The van der Waals surface area contributed by atoms with E-state index in [-0.39, 0.29) is 24.7 Å². The van der Waals surface area contributed by atoms with E-state index in [4.69, 9.17) is 9.47 Å². The highest BCUT2D eigenvalue weighted by Crippen LogP contribution is 2.41. The molecule has 33 heavy (non-hydrogen) atoms. The summed E-state index contributed by atoms with van der Waals surface area (Å²) >= 11 is 0. The number of carbonyl (C=O) groups is 1. The van der Waals surface area contributed by atoms with Crippen molar-refractivity contribution in [3.63, 3.8) is 0 Å². The van der Waals surface area contributed by atoms with Gasteiger partial charge < -0.3 is 14.3 Å². The second-order valence-corrected chi connectivity index (χ2v) is 7.64. The first-order chi connectivity index (χ1) is 15.3. The van der Waals surface area contributed by atoms with Gasteiger partial charge in [-0.1, -0.05) is 6.07 Å². The summed E-state index contributed by atoms with van der Waals surface area (Å²) in [5.74, 6) is -4.04. The van der Waals surface area contributed by atoms with Crippen molar-refractivity contribution in [2.45, 2.75) is 44.0 Å². The van der Waals surface area contributed by atoms with Gasteiger partial charge >= 0.3 is 12.4 Å². The Labute approximate surface area is 183 Å². The summed E-state index contributed by atoms with van der Waals surface area (Å²) < 4.78 is 117. The van der Waals surface area contributed by atoms with Crippen LogP contribution in [-0.2, 0) is 26.6 Å². The third-order valence-corrected chi connectivity index (χ3v) is 5.41. The topological polar surface area (TPSA) is 35.5 Å². The van der Waals surface area contributed by atoms with Gasteiger partial charge in [0.15, 0.2) is 17.9 Å². The predicted octanol–water partition coefficient (Wildman–Crippen LogP) is 6.43.